The summed E-state index contributed by atoms with van der Waals surface area (Å²) in [6.07, 6.45) is -1.19. The van der Waals surface area contributed by atoms with Crippen molar-refractivity contribution in [2.45, 2.75) is 166 Å². The van der Waals surface area contributed by atoms with Crippen LogP contribution in [0.3, 0.4) is 0 Å². The van der Waals surface area contributed by atoms with Crippen molar-refractivity contribution in [2.75, 3.05) is 39.9 Å². The molecule has 4 aliphatic heterocycles. The molecule has 102 heavy (non-hydrogen) atoms. The van der Waals surface area contributed by atoms with Crippen molar-refractivity contribution >= 4 is 86.8 Å². The Hall–Kier alpha value is -10.4. The summed E-state index contributed by atoms with van der Waals surface area (Å²) in [4.78, 5) is 166. The Labute approximate surface area is 587 Å². The number of carbonyl (C=O) groups is 11. The van der Waals surface area contributed by atoms with Gasteiger partial charge in [0.15, 0.2) is 0 Å². The number of amides is 11. The number of aromatic amines is 2. The number of nitrogens with two attached hydrogens (primary N) is 1. The minimum atomic E-state index is -1.86. The molecule has 6 aromatic rings. The SMILES string of the molecule is COc1ccc(C[C@@H]2NC(=O)[C@H]([C@@H](C)OCC(C)C)NC(=O)[C@@H]3C[C@H](F)CN3C(=O)[C@H](Cc3c[nH]c4ccc(F)cc34)NC(=O)[C@H](Cc3c[nH]c4ccc(F)cc34)NC(=O)[C@@H](C)NC(=O)CNC(=O)[C@@H](NC(C)=O)CCNCc3ccc(cc3)C[C@@H](C(N)=O)NC(=O)[C@]3(C)CCCN3C2=O)cc1. The number of fused-ring (bicyclic) bond motifs is 30. The molecule has 2 fully saturated rings. The van der Waals surface area contributed by atoms with Gasteiger partial charge in [-0.05, 0) is 129 Å². The van der Waals surface area contributed by atoms with Gasteiger partial charge < -0.3 is 82.8 Å². The molecule has 13 N–H and O–H groups in total. The number of aromatic nitrogens is 2. The Morgan fingerprint density at radius 2 is 1.31 bits per heavy atom. The van der Waals surface area contributed by atoms with E-state index in [2.05, 4.69) is 57.8 Å². The molecule has 0 radical (unpaired) electrons. The third-order valence-corrected chi connectivity index (χ3v) is 18.7. The molecule has 10 rings (SSSR count). The predicted octanol–water partition coefficient (Wildman–Crippen LogP) is 2.12. The summed E-state index contributed by atoms with van der Waals surface area (Å²) in [5.41, 5.74) is 7.74. The van der Waals surface area contributed by atoms with Gasteiger partial charge in [0.1, 0.15) is 77.4 Å². The maximum atomic E-state index is 16.3. The maximum Gasteiger partial charge on any atom is 0.246 e. The largest absolute Gasteiger partial charge is 0.497 e. The third kappa shape index (κ3) is 19.2. The summed E-state index contributed by atoms with van der Waals surface area (Å²) < 4.78 is 57.8. The highest BCUT2D eigenvalue weighted by Gasteiger charge is 2.50. The van der Waals surface area contributed by atoms with Gasteiger partial charge in [0.25, 0.3) is 0 Å². The minimum absolute atomic E-state index is 0.0382. The van der Waals surface area contributed by atoms with Crippen molar-refractivity contribution in [3.05, 3.63) is 137 Å². The van der Waals surface area contributed by atoms with E-state index in [9.17, 15) is 33.2 Å². The van der Waals surface area contributed by atoms with E-state index in [0.29, 0.717) is 50.7 Å². The normalized spacial score (nSPS) is 24.9. The van der Waals surface area contributed by atoms with Crippen molar-refractivity contribution in [1.82, 2.24) is 67.6 Å². The van der Waals surface area contributed by atoms with Gasteiger partial charge >= 0.3 is 0 Å². The lowest BCUT2D eigenvalue weighted by molar-refractivity contribution is -0.148. The highest BCUT2D eigenvalue weighted by atomic mass is 19.1. The van der Waals surface area contributed by atoms with Gasteiger partial charge in [-0.2, -0.15) is 0 Å². The lowest BCUT2D eigenvalue weighted by Crippen LogP contribution is -2.64. The lowest BCUT2D eigenvalue weighted by Gasteiger charge is -2.37. The number of nitrogens with one attached hydrogen (secondary N) is 11. The Bertz CT molecular complexity index is 4080. The first-order valence-corrected chi connectivity index (χ1v) is 34.0. The maximum absolute atomic E-state index is 16.3. The predicted molar refractivity (Wildman–Crippen MR) is 369 cm³/mol. The number of H-pyrrole nitrogens is 2. The van der Waals surface area contributed by atoms with Crippen LogP contribution in [0.5, 0.6) is 5.75 Å². The average molecular weight is 1420 g/mol. The monoisotopic (exact) mass is 1410 g/mol. The Kier molecular flexibility index (Phi) is 25.2. The van der Waals surface area contributed by atoms with Crippen LogP contribution < -0.4 is 58.3 Å². The van der Waals surface area contributed by atoms with Crippen LogP contribution >= 0.6 is 0 Å². The lowest BCUT2D eigenvalue weighted by atomic mass is 9.94. The molecular weight excluding hydrogens is 1330 g/mol. The number of primary amides is 1. The number of methoxy groups -OCH3 is 1. The van der Waals surface area contributed by atoms with Gasteiger partial charge in [-0.3, -0.25) is 52.7 Å². The molecule has 27 nitrogen and oxygen atoms in total. The van der Waals surface area contributed by atoms with Crippen LogP contribution in [0.2, 0.25) is 0 Å². The van der Waals surface area contributed by atoms with Gasteiger partial charge in [-0.1, -0.05) is 50.2 Å². The average Bonchev–Trinajstić information content (AvgIpc) is 1.59. The fourth-order valence-electron chi connectivity index (χ4n) is 13.0. The number of rotatable bonds is 13. The second kappa shape index (κ2) is 33.9. The van der Waals surface area contributed by atoms with Crippen LogP contribution in [0, 0.1) is 17.6 Å². The van der Waals surface area contributed by atoms with Crippen LogP contribution in [0.4, 0.5) is 13.2 Å². The summed E-state index contributed by atoms with van der Waals surface area (Å²) in [5, 5.41) is 25.0. The quantitative estimate of drug-likeness (QED) is 0.0738. The Morgan fingerprint density at radius 3 is 1.93 bits per heavy atom. The molecule has 546 valence electrons. The fourth-order valence-corrected chi connectivity index (χ4v) is 13.0. The summed E-state index contributed by atoms with van der Waals surface area (Å²) in [7, 11) is 1.47. The second-order valence-corrected chi connectivity index (χ2v) is 27.0. The summed E-state index contributed by atoms with van der Waals surface area (Å²) >= 11 is 0. The molecule has 2 bridgehead atoms. The molecule has 30 heteroatoms. The first-order chi connectivity index (χ1) is 48.6. The molecule has 11 amide bonds. The number of carbonyl (C=O) groups excluding carboxylic acids is 11. The van der Waals surface area contributed by atoms with Crippen molar-refractivity contribution in [1.29, 1.82) is 0 Å². The first-order valence-electron chi connectivity index (χ1n) is 34.0. The molecule has 0 spiro atoms. The number of nitrogens with zero attached hydrogens (tertiary/aromatic N) is 2. The number of benzene rings is 4. The van der Waals surface area contributed by atoms with E-state index in [1.165, 1.54) is 81.6 Å². The van der Waals surface area contributed by atoms with Crippen LogP contribution in [0.1, 0.15) is 95.0 Å². The van der Waals surface area contributed by atoms with Crippen molar-refractivity contribution in [3.63, 3.8) is 0 Å². The van der Waals surface area contributed by atoms with Gasteiger partial charge in [-0.15, -0.1) is 0 Å². The summed E-state index contributed by atoms with van der Waals surface area (Å²) in [5.74, 6) is -10.3. The first kappa shape index (κ1) is 75.8. The number of halogens is 3. The van der Waals surface area contributed by atoms with E-state index in [-0.39, 0.29) is 69.8 Å². The zero-order valence-electron chi connectivity index (χ0n) is 57.9. The highest BCUT2D eigenvalue weighted by Crippen LogP contribution is 2.32. The van der Waals surface area contributed by atoms with Crippen LogP contribution in [-0.2, 0) is 89.7 Å². The number of hydrogen-bond acceptors (Lipinski definition) is 14. The highest BCUT2D eigenvalue weighted by molar-refractivity contribution is 6.01. The van der Waals surface area contributed by atoms with Crippen LogP contribution in [0.15, 0.2) is 97.3 Å². The number of ether oxygens (including phenoxy) is 2. The van der Waals surface area contributed by atoms with Gasteiger partial charge in [0.2, 0.25) is 65.0 Å². The molecule has 11 atom stereocenters. The van der Waals surface area contributed by atoms with Gasteiger partial charge in [0.05, 0.1) is 26.3 Å². The van der Waals surface area contributed by atoms with E-state index in [4.69, 9.17) is 15.2 Å². The van der Waals surface area contributed by atoms with Crippen LogP contribution in [0.25, 0.3) is 21.8 Å². The minimum Gasteiger partial charge on any atom is -0.497 e. The van der Waals surface area contributed by atoms with Crippen molar-refractivity contribution in [3.8, 4) is 5.75 Å². The van der Waals surface area contributed by atoms with Gasteiger partial charge in [-0.25, -0.2) is 13.2 Å². The molecule has 4 aliphatic rings. The molecule has 4 aromatic carbocycles. The molecule has 6 heterocycles. The van der Waals surface area contributed by atoms with E-state index in [1.807, 2.05) is 13.8 Å². The third-order valence-electron chi connectivity index (χ3n) is 18.7. The smallest absolute Gasteiger partial charge is 0.246 e. The van der Waals surface area contributed by atoms with E-state index in [0.717, 1.165) is 10.5 Å². The summed E-state index contributed by atoms with van der Waals surface area (Å²) in [6.45, 7) is 8.45. The molecular formula is C72H89F3N14O13. The second-order valence-electron chi connectivity index (χ2n) is 27.0. The Morgan fingerprint density at radius 1 is 0.706 bits per heavy atom. The van der Waals surface area contributed by atoms with Gasteiger partial charge in [0, 0.05) is 92.9 Å². The fraction of sp³-hybridized carbons (Fsp3) is 0.458. The molecule has 0 aliphatic carbocycles. The Balaban J connectivity index is 1.08. The molecule has 2 aromatic heterocycles. The van der Waals surface area contributed by atoms with Crippen molar-refractivity contribution < 1.29 is 75.4 Å². The zero-order chi connectivity index (χ0) is 73.7. The summed E-state index contributed by atoms with van der Waals surface area (Å²) in [6, 6.07) is 9.41. The molecule has 0 unspecified atom stereocenters. The van der Waals surface area contributed by atoms with Crippen LogP contribution in [-0.4, -0.2) is 191 Å². The number of alkyl halides is 1. The van der Waals surface area contributed by atoms with Crippen molar-refractivity contribution in [2.24, 2.45) is 11.7 Å². The standard InChI is InChI=1S/C72H89F3N14O13/c1-38(2)37-102-40(4)62-68(97)85-58(26-43-13-17-50(101-7)18-14-43)70(99)89-24-8-22-72(89,6)71(100)86-56(63(76)92)25-42-9-11-44(12-10-42)32-77-23-21-55(82-41(5)90)65(94)80-35-61(91)81-39(3)64(93)83-57(27-45-33-78-53-19-15-47(73)29-51(45)53)66(95)84-59(28-46-34-79-54-20-16-48(74)30-52(46)54)69(98)88-36-49(75)31-60(88)67(96)87-62/h9-20,29-30,33-34,38-40,49,55-60,62,77-79H,8,21-28,31-32,35-37H2,1-7H3,(H2,76,92)(H,80,94)(H,81,91)(H,82,90)(H,83,93)(H,84,95)(H,85,97)(H,86,100)(H,87,96)/t39-,40-,49+,55+,56+,57+,58+,59+,60+,62+,72+/m1/s1. The topological polar surface area (TPSA) is 379 Å². The molecule has 2 saturated heterocycles. The van der Waals surface area contributed by atoms with E-state index >= 15 is 32.8 Å². The number of hydrogen-bond donors (Lipinski definition) is 12. The zero-order valence-corrected chi connectivity index (χ0v) is 57.9. The molecule has 0 saturated carbocycles. The van der Waals surface area contributed by atoms with E-state index in [1.54, 1.807) is 55.5 Å². The van der Waals surface area contributed by atoms with E-state index < -0.39 is 169 Å².